The van der Waals surface area contributed by atoms with E-state index in [9.17, 15) is 4.79 Å². The molecule has 0 aliphatic heterocycles. The summed E-state index contributed by atoms with van der Waals surface area (Å²) in [5, 5.41) is 3.06. The average molecular weight is 256 g/mol. The Labute approximate surface area is 110 Å². The van der Waals surface area contributed by atoms with Gasteiger partial charge in [0.15, 0.2) is 5.78 Å². The van der Waals surface area contributed by atoms with Crippen LogP contribution in [0.1, 0.15) is 45.0 Å². The zero-order valence-electron chi connectivity index (χ0n) is 11.4. The predicted molar refractivity (Wildman–Crippen MR) is 79.3 cm³/mol. The van der Waals surface area contributed by atoms with Crippen molar-refractivity contribution in [3.8, 4) is 0 Å². The Morgan fingerprint density at radius 1 is 1.29 bits per heavy atom. The van der Waals surface area contributed by atoms with Crippen molar-refractivity contribution in [2.24, 2.45) is 0 Å². The molecule has 0 atom stereocenters. The second-order valence-electron chi connectivity index (χ2n) is 2.64. The molecule has 0 bridgehead atoms. The molecule has 0 aliphatic carbocycles. The second kappa shape index (κ2) is 13.0. The summed E-state index contributed by atoms with van der Waals surface area (Å²) in [6, 6.07) is 3.55. The molecule has 1 N–H and O–H groups in total. The summed E-state index contributed by atoms with van der Waals surface area (Å²) in [5.41, 5.74) is 0.636. The van der Waals surface area contributed by atoms with Crippen LogP contribution in [0.25, 0.3) is 0 Å². The monoisotopic (exact) mass is 256 g/mol. The van der Waals surface area contributed by atoms with Gasteiger partial charge in [0.1, 0.15) is 5.82 Å². The van der Waals surface area contributed by atoms with E-state index in [4.69, 9.17) is 0 Å². The molecule has 0 amide bonds. The van der Waals surface area contributed by atoms with Gasteiger partial charge in [-0.05, 0) is 19.1 Å². The first-order valence-electron chi connectivity index (χ1n) is 6.06. The third kappa shape index (κ3) is 8.74. The minimum atomic E-state index is 0.0354. The summed E-state index contributed by atoms with van der Waals surface area (Å²) in [4.78, 5) is 15.0. The van der Waals surface area contributed by atoms with E-state index in [0.29, 0.717) is 5.56 Å². The number of aromatic nitrogens is 1. The zero-order valence-corrected chi connectivity index (χ0v) is 12.3. The number of carbonyl (C=O) groups excluding carboxylic acids is 1. The van der Waals surface area contributed by atoms with Crippen molar-refractivity contribution in [2.45, 2.75) is 34.6 Å². The molecule has 0 spiro atoms. The Kier molecular flexibility index (Phi) is 14.1. The van der Waals surface area contributed by atoms with Crippen molar-refractivity contribution in [3.05, 3.63) is 23.9 Å². The molecule has 3 nitrogen and oxygen atoms in total. The lowest BCUT2D eigenvalue weighted by molar-refractivity contribution is 0.101. The highest BCUT2D eigenvalue weighted by Crippen LogP contribution is 2.04. The summed E-state index contributed by atoms with van der Waals surface area (Å²) in [6.45, 7) is 10.3. The van der Waals surface area contributed by atoms with Crippen LogP contribution in [0.4, 0.5) is 5.82 Å². The van der Waals surface area contributed by atoms with Crippen LogP contribution >= 0.6 is 12.6 Å². The van der Waals surface area contributed by atoms with Crippen molar-refractivity contribution in [3.63, 3.8) is 0 Å². The third-order valence-corrected chi connectivity index (χ3v) is 1.81. The van der Waals surface area contributed by atoms with Crippen LogP contribution in [-0.2, 0) is 0 Å². The van der Waals surface area contributed by atoms with Gasteiger partial charge in [0.2, 0.25) is 0 Å². The van der Waals surface area contributed by atoms with Crippen molar-refractivity contribution >= 4 is 24.2 Å². The number of anilines is 1. The molecule has 1 aromatic rings. The molecule has 0 fully saturated rings. The summed E-state index contributed by atoms with van der Waals surface area (Å²) in [7, 11) is 0. The fourth-order valence-corrected chi connectivity index (χ4v) is 1.00. The molecule has 4 heteroatoms. The Hall–Kier alpha value is -1.03. The van der Waals surface area contributed by atoms with Gasteiger partial charge in [-0.1, -0.05) is 27.7 Å². The first kappa shape index (κ1) is 18.3. The number of pyridine rings is 1. The minimum absolute atomic E-state index is 0.0354. The van der Waals surface area contributed by atoms with E-state index in [2.05, 4.69) is 22.9 Å². The predicted octanol–water partition coefficient (Wildman–Crippen LogP) is 3.68. The lowest BCUT2D eigenvalue weighted by Gasteiger charge is -2.02. The van der Waals surface area contributed by atoms with Crippen LogP contribution in [0.5, 0.6) is 0 Å². The largest absolute Gasteiger partial charge is 0.369 e. The van der Waals surface area contributed by atoms with E-state index < -0.39 is 0 Å². The van der Waals surface area contributed by atoms with Crippen LogP contribution in [0.3, 0.4) is 0 Å². The summed E-state index contributed by atoms with van der Waals surface area (Å²) >= 11 is 4.06. The molecule has 1 aromatic heterocycles. The molecule has 17 heavy (non-hydrogen) atoms. The number of thiol groups is 1. The van der Waals surface area contributed by atoms with Gasteiger partial charge in [0, 0.05) is 24.1 Å². The van der Waals surface area contributed by atoms with E-state index in [1.165, 1.54) is 6.92 Å². The van der Waals surface area contributed by atoms with Crippen molar-refractivity contribution < 1.29 is 4.79 Å². The molecule has 1 rings (SSSR count). The smallest absolute Gasteiger partial charge is 0.161 e. The normalized spacial score (nSPS) is 8.12. The number of nitrogens with one attached hydrogen (secondary N) is 1. The standard InChI is InChI=1S/C9H12N2OS.2C2H6/c1-7(12)8-2-3-9(11-6-8)10-4-5-13;2*1-2/h2-3,6,13H,4-5H2,1H3,(H,10,11);2*1-2H3. The Balaban J connectivity index is 0. The van der Waals surface area contributed by atoms with E-state index in [-0.39, 0.29) is 5.78 Å². The van der Waals surface area contributed by atoms with Gasteiger partial charge < -0.3 is 5.32 Å². The number of ketones is 1. The van der Waals surface area contributed by atoms with Crippen LogP contribution in [-0.4, -0.2) is 23.1 Å². The number of nitrogens with zero attached hydrogens (tertiary/aromatic N) is 1. The Morgan fingerprint density at radius 2 is 1.88 bits per heavy atom. The molecule has 98 valence electrons. The van der Waals surface area contributed by atoms with Crippen molar-refractivity contribution in [1.29, 1.82) is 0 Å². The third-order valence-electron chi connectivity index (χ3n) is 1.59. The van der Waals surface area contributed by atoms with E-state index in [1.807, 2.05) is 27.7 Å². The van der Waals surface area contributed by atoms with Gasteiger partial charge in [-0.2, -0.15) is 12.6 Å². The van der Waals surface area contributed by atoms with E-state index in [0.717, 1.165) is 18.1 Å². The highest BCUT2D eigenvalue weighted by atomic mass is 32.1. The quantitative estimate of drug-likeness (QED) is 0.638. The highest BCUT2D eigenvalue weighted by molar-refractivity contribution is 7.80. The lowest BCUT2D eigenvalue weighted by atomic mass is 10.2. The van der Waals surface area contributed by atoms with E-state index >= 15 is 0 Å². The van der Waals surface area contributed by atoms with Gasteiger partial charge in [0.05, 0.1) is 0 Å². The highest BCUT2D eigenvalue weighted by Gasteiger charge is 1.98. The zero-order chi connectivity index (χ0) is 13.7. The number of Topliss-reactive ketones (excluding diaryl/α,β-unsaturated/α-hetero) is 1. The van der Waals surface area contributed by atoms with Crippen LogP contribution in [0.2, 0.25) is 0 Å². The van der Waals surface area contributed by atoms with Crippen LogP contribution < -0.4 is 5.32 Å². The number of rotatable bonds is 4. The molecule has 0 unspecified atom stereocenters. The van der Waals surface area contributed by atoms with Crippen LogP contribution in [0, 0.1) is 0 Å². The molecule has 0 radical (unpaired) electrons. The second-order valence-corrected chi connectivity index (χ2v) is 3.09. The topological polar surface area (TPSA) is 42.0 Å². The van der Waals surface area contributed by atoms with Gasteiger partial charge in [-0.15, -0.1) is 0 Å². The molecular weight excluding hydrogens is 232 g/mol. The molecule has 1 heterocycles. The molecule has 0 saturated carbocycles. The fraction of sp³-hybridized carbons (Fsp3) is 0.538. The average Bonchev–Trinajstić information content (AvgIpc) is 2.41. The van der Waals surface area contributed by atoms with E-state index in [1.54, 1.807) is 18.3 Å². The molecule has 0 saturated heterocycles. The number of hydrogen-bond donors (Lipinski definition) is 2. The maximum Gasteiger partial charge on any atom is 0.161 e. The van der Waals surface area contributed by atoms with Crippen LogP contribution in [0.15, 0.2) is 18.3 Å². The first-order chi connectivity index (χ1) is 8.24. The summed E-state index contributed by atoms with van der Waals surface area (Å²) in [6.07, 6.45) is 1.57. The van der Waals surface area contributed by atoms with Gasteiger partial charge >= 0.3 is 0 Å². The van der Waals surface area contributed by atoms with Gasteiger partial charge in [-0.25, -0.2) is 4.98 Å². The number of carbonyl (C=O) groups is 1. The fourth-order valence-electron chi connectivity index (χ4n) is 0.891. The maximum absolute atomic E-state index is 10.9. The summed E-state index contributed by atoms with van der Waals surface area (Å²) in [5.74, 6) is 1.57. The Bertz CT molecular complexity index is 286. The van der Waals surface area contributed by atoms with Crippen molar-refractivity contribution in [2.75, 3.05) is 17.6 Å². The summed E-state index contributed by atoms with van der Waals surface area (Å²) < 4.78 is 0. The Morgan fingerprint density at radius 3 is 2.24 bits per heavy atom. The molecular formula is C13H24N2OS. The van der Waals surface area contributed by atoms with Gasteiger partial charge in [-0.3, -0.25) is 4.79 Å². The molecule has 0 aliphatic rings. The first-order valence-corrected chi connectivity index (χ1v) is 6.69. The number of hydrogen-bond acceptors (Lipinski definition) is 4. The minimum Gasteiger partial charge on any atom is -0.369 e. The SMILES string of the molecule is CC.CC.CC(=O)c1ccc(NCCS)nc1. The maximum atomic E-state index is 10.9. The van der Waals surface area contributed by atoms with Gasteiger partial charge in [0.25, 0.3) is 0 Å². The lowest BCUT2D eigenvalue weighted by Crippen LogP contribution is -2.04. The van der Waals surface area contributed by atoms with Crippen molar-refractivity contribution in [1.82, 2.24) is 4.98 Å². The molecule has 0 aromatic carbocycles.